The summed E-state index contributed by atoms with van der Waals surface area (Å²) in [5.74, 6) is 0.157. The first-order valence-electron chi connectivity index (χ1n) is 16.4. The first kappa shape index (κ1) is 39.1. The van der Waals surface area contributed by atoms with E-state index in [-0.39, 0.29) is 28.9 Å². The molecule has 0 saturated carbocycles. The van der Waals surface area contributed by atoms with Gasteiger partial charge >= 0.3 is 18.2 Å². The van der Waals surface area contributed by atoms with Crippen molar-refractivity contribution in [3.63, 3.8) is 0 Å². The van der Waals surface area contributed by atoms with Gasteiger partial charge in [-0.3, -0.25) is 0 Å². The maximum Gasteiger partial charge on any atom is 0.427 e. The van der Waals surface area contributed by atoms with Gasteiger partial charge in [0.25, 0.3) is 0 Å². The zero-order chi connectivity index (χ0) is 36.3. The van der Waals surface area contributed by atoms with Gasteiger partial charge in [-0.15, -0.1) is 0 Å². The molecule has 3 aromatic carbocycles. The summed E-state index contributed by atoms with van der Waals surface area (Å²) in [5.41, 5.74) is 0.496. The van der Waals surface area contributed by atoms with Crippen molar-refractivity contribution in [2.75, 3.05) is 50.1 Å². The molecule has 50 heavy (non-hydrogen) atoms. The summed E-state index contributed by atoms with van der Waals surface area (Å²) < 4.78 is 53.6. The van der Waals surface area contributed by atoms with Crippen LogP contribution in [-0.4, -0.2) is 62.1 Å². The highest BCUT2D eigenvalue weighted by Crippen LogP contribution is 2.36. The molecule has 2 amide bonds. The number of hydrogen-bond donors (Lipinski definition) is 1. The minimum absolute atomic E-state index is 0.00240. The number of anilines is 1. The lowest BCUT2D eigenvalue weighted by atomic mass is 9.92. The zero-order valence-electron chi connectivity index (χ0n) is 27.9. The number of carbonyl (C=O) groups excluding carboxylic acids is 2. The third kappa shape index (κ3) is 10.2. The van der Waals surface area contributed by atoms with Gasteiger partial charge in [0.05, 0.1) is 48.3 Å². The molecule has 266 valence electrons. The molecule has 0 spiro atoms. The summed E-state index contributed by atoms with van der Waals surface area (Å²) in [6.07, 6.45) is -1.52. The molecule has 0 aromatic heterocycles. The number of amides is 2. The standard InChI is InChI=1S/C37H39Br2F3N4O4/c1-3-49-35(47)33-32(24-38)46(30-10-7-9-28(23-30)37(40,41)42)36(48)45(34(33)27-13-11-26(25-43)12-14-27)21-6-4-5-19-44(2)20-8-22-50-31-17-15-29(39)16-18-31/h7,9-18,23,34H,3-6,8,19-22,24H2,1-2H3/p+1/t34-/m1/s1. The molecule has 1 N–H and O–H groups in total. The Morgan fingerprint density at radius 2 is 1.72 bits per heavy atom. The number of quaternary nitrogens is 1. The molecule has 1 aliphatic heterocycles. The number of nitrogens with zero attached hydrogens (tertiary/aromatic N) is 3. The summed E-state index contributed by atoms with van der Waals surface area (Å²) in [7, 11) is 2.05. The Hall–Kier alpha value is -3.70. The number of ether oxygens (including phenoxy) is 2. The Labute approximate surface area is 307 Å². The SMILES string of the molecule is CCOC(=O)C1=C(CBr)N(c2cccc(C(F)(F)F)c2)C(=O)[NH+](CCCCCN(C)CCCOc2ccc(Br)cc2)[C@@H]1c1ccc(C#N)cc1. The molecule has 0 bridgehead atoms. The zero-order valence-corrected chi connectivity index (χ0v) is 31.1. The number of alkyl halides is 4. The number of unbranched alkanes of at least 4 members (excludes halogenated alkanes) is 2. The molecule has 1 heterocycles. The molecule has 0 radical (unpaired) electrons. The predicted molar refractivity (Wildman–Crippen MR) is 192 cm³/mol. The smallest absolute Gasteiger partial charge is 0.427 e. The lowest BCUT2D eigenvalue weighted by Crippen LogP contribution is -3.17. The van der Waals surface area contributed by atoms with Gasteiger partial charge in [0.1, 0.15) is 11.3 Å². The minimum Gasteiger partial charge on any atom is -0.494 e. The van der Waals surface area contributed by atoms with Crippen molar-refractivity contribution in [3.8, 4) is 11.8 Å². The monoisotopic (exact) mass is 819 g/mol. The second-order valence-electron chi connectivity index (χ2n) is 11.9. The van der Waals surface area contributed by atoms with E-state index in [2.05, 4.69) is 42.8 Å². The molecular weight excluding hydrogens is 781 g/mol. The minimum atomic E-state index is -4.63. The number of esters is 1. The number of allylic oxidation sites excluding steroid dienone is 1. The van der Waals surface area contributed by atoms with Crippen LogP contribution in [0.3, 0.4) is 0 Å². The lowest BCUT2D eigenvalue weighted by molar-refractivity contribution is -0.844. The third-order valence-corrected chi connectivity index (χ3v) is 9.43. The first-order valence-corrected chi connectivity index (χ1v) is 18.3. The fraction of sp³-hybridized carbons (Fsp3) is 0.378. The van der Waals surface area contributed by atoms with Crippen LogP contribution < -0.4 is 14.5 Å². The molecule has 8 nitrogen and oxygen atoms in total. The van der Waals surface area contributed by atoms with Crippen molar-refractivity contribution in [1.29, 1.82) is 5.26 Å². The lowest BCUT2D eigenvalue weighted by Gasteiger charge is -2.39. The average Bonchev–Trinajstić information content (AvgIpc) is 3.10. The van der Waals surface area contributed by atoms with E-state index in [1.54, 1.807) is 31.2 Å². The van der Waals surface area contributed by atoms with Gasteiger partial charge in [0.15, 0.2) is 6.04 Å². The predicted octanol–water partition coefficient (Wildman–Crippen LogP) is 7.69. The Balaban J connectivity index is 1.54. The number of benzene rings is 3. The Bertz CT molecular complexity index is 1680. The molecule has 13 heteroatoms. The highest BCUT2D eigenvalue weighted by atomic mass is 79.9. The average molecular weight is 822 g/mol. The van der Waals surface area contributed by atoms with Gasteiger partial charge < -0.3 is 14.4 Å². The molecule has 4 rings (SSSR count). The van der Waals surface area contributed by atoms with Crippen LogP contribution in [0.1, 0.15) is 55.3 Å². The van der Waals surface area contributed by atoms with E-state index in [4.69, 9.17) is 9.47 Å². The van der Waals surface area contributed by atoms with Crippen molar-refractivity contribution < 1.29 is 37.1 Å². The summed E-state index contributed by atoms with van der Waals surface area (Å²) in [4.78, 5) is 31.9. The second kappa shape index (κ2) is 18.5. The van der Waals surface area contributed by atoms with Crippen molar-refractivity contribution in [2.45, 2.75) is 44.8 Å². The fourth-order valence-electron chi connectivity index (χ4n) is 5.93. The van der Waals surface area contributed by atoms with Crippen LogP contribution in [0, 0.1) is 11.3 Å². The summed E-state index contributed by atoms with van der Waals surface area (Å²) >= 11 is 6.83. The summed E-state index contributed by atoms with van der Waals surface area (Å²) in [6.45, 7) is 4.31. The number of hydrogen-bond acceptors (Lipinski definition) is 6. The van der Waals surface area contributed by atoms with Crippen LogP contribution in [0.4, 0.5) is 23.7 Å². The number of nitrogens with one attached hydrogen (secondary N) is 1. The Morgan fingerprint density at radius 3 is 2.36 bits per heavy atom. The van der Waals surface area contributed by atoms with E-state index >= 15 is 0 Å². The Morgan fingerprint density at radius 1 is 1.02 bits per heavy atom. The maximum atomic E-state index is 14.5. The van der Waals surface area contributed by atoms with Crippen molar-refractivity contribution in [1.82, 2.24) is 4.90 Å². The van der Waals surface area contributed by atoms with E-state index in [0.717, 1.165) is 54.7 Å². The van der Waals surface area contributed by atoms with Gasteiger partial charge in [-0.05, 0) is 101 Å². The fourth-order valence-corrected chi connectivity index (χ4v) is 6.75. The highest BCUT2D eigenvalue weighted by Gasteiger charge is 2.48. The van der Waals surface area contributed by atoms with Crippen molar-refractivity contribution in [2.24, 2.45) is 0 Å². The van der Waals surface area contributed by atoms with Gasteiger partial charge in [-0.25, -0.2) is 19.4 Å². The van der Waals surface area contributed by atoms with E-state index in [9.17, 15) is 28.0 Å². The summed E-state index contributed by atoms with van der Waals surface area (Å²) in [5, 5.41) is 9.39. The largest absolute Gasteiger partial charge is 0.494 e. The molecular formula is C37H40Br2F3N4O4+. The topological polar surface area (TPSA) is 87.3 Å². The third-order valence-electron chi connectivity index (χ3n) is 8.37. The van der Waals surface area contributed by atoms with E-state index < -0.39 is 29.8 Å². The Kier molecular flexibility index (Phi) is 14.5. The van der Waals surface area contributed by atoms with Crippen molar-refractivity contribution in [3.05, 3.63) is 105 Å². The van der Waals surface area contributed by atoms with Crippen LogP contribution in [-0.2, 0) is 15.7 Å². The van der Waals surface area contributed by atoms with E-state index in [0.29, 0.717) is 35.6 Å². The van der Waals surface area contributed by atoms with Crippen LogP contribution in [0.2, 0.25) is 0 Å². The van der Waals surface area contributed by atoms with Gasteiger partial charge in [-0.1, -0.05) is 50.1 Å². The first-order chi connectivity index (χ1) is 24.0. The summed E-state index contributed by atoms with van der Waals surface area (Å²) in [6, 6.07) is 19.7. The number of nitriles is 1. The van der Waals surface area contributed by atoms with Crippen LogP contribution in [0.25, 0.3) is 0 Å². The number of carbonyl (C=O) groups is 2. The molecule has 1 aliphatic rings. The highest BCUT2D eigenvalue weighted by molar-refractivity contribution is 9.10. The van der Waals surface area contributed by atoms with Crippen LogP contribution >= 0.6 is 31.9 Å². The molecule has 1 unspecified atom stereocenters. The maximum absolute atomic E-state index is 14.5. The van der Waals surface area contributed by atoms with Crippen LogP contribution in [0.15, 0.2) is 88.5 Å². The van der Waals surface area contributed by atoms with E-state index in [1.807, 2.05) is 31.3 Å². The normalized spacial score (nSPS) is 16.5. The molecule has 3 aromatic rings. The van der Waals surface area contributed by atoms with Gasteiger partial charge in [-0.2, -0.15) is 18.4 Å². The van der Waals surface area contributed by atoms with Crippen molar-refractivity contribution >= 4 is 49.5 Å². The number of halogens is 5. The quantitative estimate of drug-likeness (QED) is 0.0907. The van der Waals surface area contributed by atoms with Crippen LogP contribution in [0.5, 0.6) is 5.75 Å². The molecule has 0 saturated heterocycles. The number of rotatable bonds is 16. The molecule has 2 atom stereocenters. The number of urea groups is 1. The molecule has 0 fully saturated rings. The van der Waals surface area contributed by atoms with E-state index in [1.165, 1.54) is 17.0 Å². The second-order valence-corrected chi connectivity index (χ2v) is 13.3. The van der Waals surface area contributed by atoms with Gasteiger partial charge in [0, 0.05) is 21.9 Å². The molecule has 0 aliphatic carbocycles. The van der Waals surface area contributed by atoms with Gasteiger partial charge in [0.2, 0.25) is 0 Å².